The monoisotopic (exact) mass is 309 g/mol. The molecule has 0 atom stereocenters. The predicted octanol–water partition coefficient (Wildman–Crippen LogP) is 2.63. The van der Waals surface area contributed by atoms with E-state index in [1.807, 2.05) is 0 Å². The standard InChI is InChI=1S/C14H15NO3S2/c1-2-13(16)10-3-6-12(7-4-10)20(17,18)14-8-5-11(9-15)19-14/h3-8H,2,9,15H2,1H3. The van der Waals surface area contributed by atoms with Crippen molar-refractivity contribution in [2.24, 2.45) is 5.73 Å². The van der Waals surface area contributed by atoms with Gasteiger partial charge in [-0.25, -0.2) is 8.42 Å². The first-order valence-corrected chi connectivity index (χ1v) is 8.46. The van der Waals surface area contributed by atoms with E-state index in [4.69, 9.17) is 5.73 Å². The van der Waals surface area contributed by atoms with E-state index in [0.717, 1.165) is 4.88 Å². The molecule has 1 aromatic carbocycles. The van der Waals surface area contributed by atoms with Crippen LogP contribution in [0.3, 0.4) is 0 Å². The molecular weight excluding hydrogens is 294 g/mol. The van der Waals surface area contributed by atoms with Crippen molar-refractivity contribution in [2.75, 3.05) is 0 Å². The van der Waals surface area contributed by atoms with Crippen LogP contribution in [0.1, 0.15) is 28.6 Å². The van der Waals surface area contributed by atoms with E-state index >= 15 is 0 Å². The van der Waals surface area contributed by atoms with Gasteiger partial charge < -0.3 is 5.73 Å². The first-order valence-electron chi connectivity index (χ1n) is 6.16. The summed E-state index contributed by atoms with van der Waals surface area (Å²) in [5, 5.41) is 0. The molecule has 4 nitrogen and oxygen atoms in total. The number of hydrogen-bond acceptors (Lipinski definition) is 5. The summed E-state index contributed by atoms with van der Waals surface area (Å²) in [6.45, 7) is 2.09. The predicted molar refractivity (Wildman–Crippen MR) is 78.7 cm³/mol. The Kier molecular flexibility index (Phi) is 4.37. The molecule has 2 aromatic rings. The molecule has 20 heavy (non-hydrogen) atoms. The third-order valence-corrected chi connectivity index (χ3v) is 6.28. The molecule has 0 radical (unpaired) electrons. The largest absolute Gasteiger partial charge is 0.326 e. The third kappa shape index (κ3) is 2.82. The van der Waals surface area contributed by atoms with Gasteiger partial charge in [0.2, 0.25) is 9.84 Å². The van der Waals surface area contributed by atoms with Gasteiger partial charge in [0.1, 0.15) is 4.21 Å². The molecule has 0 saturated heterocycles. The highest BCUT2D eigenvalue weighted by atomic mass is 32.2. The number of thiophene rings is 1. The van der Waals surface area contributed by atoms with Crippen LogP contribution in [0.4, 0.5) is 0 Å². The second kappa shape index (κ2) is 5.87. The van der Waals surface area contributed by atoms with Gasteiger partial charge in [0, 0.05) is 23.4 Å². The van der Waals surface area contributed by atoms with Crippen molar-refractivity contribution in [3.63, 3.8) is 0 Å². The van der Waals surface area contributed by atoms with E-state index in [9.17, 15) is 13.2 Å². The maximum absolute atomic E-state index is 12.4. The summed E-state index contributed by atoms with van der Waals surface area (Å²) in [4.78, 5) is 12.5. The molecule has 2 rings (SSSR count). The summed E-state index contributed by atoms with van der Waals surface area (Å²) >= 11 is 1.17. The van der Waals surface area contributed by atoms with Gasteiger partial charge in [0.15, 0.2) is 5.78 Å². The van der Waals surface area contributed by atoms with Crippen molar-refractivity contribution in [1.29, 1.82) is 0 Å². The minimum absolute atomic E-state index is 0.00418. The lowest BCUT2D eigenvalue weighted by Gasteiger charge is -2.03. The van der Waals surface area contributed by atoms with Crippen molar-refractivity contribution in [2.45, 2.75) is 29.0 Å². The number of benzene rings is 1. The van der Waals surface area contributed by atoms with Crippen LogP contribution in [0.15, 0.2) is 45.5 Å². The van der Waals surface area contributed by atoms with Gasteiger partial charge in [-0.2, -0.15) is 0 Å². The molecule has 2 N–H and O–H groups in total. The fourth-order valence-electron chi connectivity index (χ4n) is 1.75. The summed E-state index contributed by atoms with van der Waals surface area (Å²) in [6, 6.07) is 9.33. The summed E-state index contributed by atoms with van der Waals surface area (Å²) in [5.74, 6) is -0.00418. The van der Waals surface area contributed by atoms with Crippen molar-refractivity contribution >= 4 is 27.0 Å². The van der Waals surface area contributed by atoms with Crippen LogP contribution >= 0.6 is 11.3 Å². The number of ketones is 1. The van der Waals surface area contributed by atoms with Crippen molar-refractivity contribution in [1.82, 2.24) is 0 Å². The molecule has 0 saturated carbocycles. The summed E-state index contributed by atoms with van der Waals surface area (Å²) in [6.07, 6.45) is 0.400. The Hall–Kier alpha value is -1.50. The lowest BCUT2D eigenvalue weighted by molar-refractivity contribution is 0.0988. The quantitative estimate of drug-likeness (QED) is 0.861. The molecule has 0 unspecified atom stereocenters. The SMILES string of the molecule is CCC(=O)c1ccc(S(=O)(=O)c2ccc(CN)s2)cc1. The van der Waals surface area contributed by atoms with E-state index < -0.39 is 9.84 Å². The van der Waals surface area contributed by atoms with Crippen molar-refractivity contribution < 1.29 is 13.2 Å². The maximum Gasteiger partial charge on any atom is 0.215 e. The zero-order valence-corrected chi connectivity index (χ0v) is 12.6. The van der Waals surface area contributed by atoms with Crippen LogP contribution in [0.2, 0.25) is 0 Å². The fourth-order valence-corrected chi connectivity index (χ4v) is 4.39. The Balaban J connectivity index is 2.37. The lowest BCUT2D eigenvalue weighted by Crippen LogP contribution is -2.01. The lowest BCUT2D eigenvalue weighted by atomic mass is 10.1. The third-order valence-electron chi connectivity index (χ3n) is 2.91. The molecule has 1 aromatic heterocycles. The molecule has 0 spiro atoms. The Morgan fingerprint density at radius 1 is 1.15 bits per heavy atom. The smallest absolute Gasteiger partial charge is 0.215 e. The molecule has 0 aliphatic rings. The van der Waals surface area contributed by atoms with Crippen LogP contribution < -0.4 is 5.73 Å². The minimum Gasteiger partial charge on any atom is -0.326 e. The Labute approximate surface area is 122 Å². The summed E-state index contributed by atoms with van der Waals surface area (Å²) in [7, 11) is -3.53. The van der Waals surface area contributed by atoms with E-state index in [1.165, 1.54) is 23.5 Å². The summed E-state index contributed by atoms with van der Waals surface area (Å²) in [5.41, 5.74) is 6.02. The molecule has 0 aliphatic heterocycles. The first kappa shape index (κ1) is 14.9. The topological polar surface area (TPSA) is 77.2 Å². The van der Waals surface area contributed by atoms with Gasteiger partial charge in [-0.05, 0) is 24.3 Å². The molecule has 6 heteroatoms. The van der Waals surface area contributed by atoms with Crippen LogP contribution in [0, 0.1) is 0 Å². The van der Waals surface area contributed by atoms with E-state index in [-0.39, 0.29) is 14.9 Å². The number of nitrogens with two attached hydrogens (primary N) is 1. The molecule has 0 bridgehead atoms. The van der Waals surface area contributed by atoms with Crippen molar-refractivity contribution in [3.05, 3.63) is 46.8 Å². The number of rotatable bonds is 5. The molecule has 0 amide bonds. The van der Waals surface area contributed by atoms with E-state index in [2.05, 4.69) is 0 Å². The highest BCUT2D eigenvalue weighted by Crippen LogP contribution is 2.27. The van der Waals surface area contributed by atoms with E-state index in [0.29, 0.717) is 18.5 Å². The molecular formula is C14H15NO3S2. The number of Topliss-reactive ketones (excluding diaryl/α,β-unsaturated/α-hetero) is 1. The van der Waals surface area contributed by atoms with Gasteiger partial charge in [0.25, 0.3) is 0 Å². The zero-order valence-electron chi connectivity index (χ0n) is 11.0. The number of carbonyl (C=O) groups is 1. The fraction of sp³-hybridized carbons (Fsp3) is 0.214. The van der Waals surface area contributed by atoms with Gasteiger partial charge in [-0.3, -0.25) is 4.79 Å². The zero-order chi connectivity index (χ0) is 14.8. The molecule has 0 aliphatic carbocycles. The first-order chi connectivity index (χ1) is 9.48. The second-order valence-corrected chi connectivity index (χ2v) is 7.57. The van der Waals surface area contributed by atoms with Crippen molar-refractivity contribution in [3.8, 4) is 0 Å². The normalized spacial score (nSPS) is 11.5. The Morgan fingerprint density at radius 2 is 1.80 bits per heavy atom. The van der Waals surface area contributed by atoms with E-state index in [1.54, 1.807) is 31.2 Å². The second-order valence-electron chi connectivity index (χ2n) is 4.23. The molecule has 0 fully saturated rings. The van der Waals surface area contributed by atoms with Crippen LogP contribution in [-0.4, -0.2) is 14.2 Å². The molecule has 1 heterocycles. The molecule has 106 valence electrons. The average Bonchev–Trinajstić information content (AvgIpc) is 2.96. The average molecular weight is 309 g/mol. The van der Waals surface area contributed by atoms with Gasteiger partial charge >= 0.3 is 0 Å². The highest BCUT2D eigenvalue weighted by Gasteiger charge is 2.20. The van der Waals surface area contributed by atoms with Gasteiger partial charge in [-0.15, -0.1) is 11.3 Å². The highest BCUT2D eigenvalue weighted by molar-refractivity contribution is 7.93. The van der Waals surface area contributed by atoms with Gasteiger partial charge in [0.05, 0.1) is 4.90 Å². The minimum atomic E-state index is -3.53. The Bertz CT molecular complexity index is 715. The number of carbonyl (C=O) groups excluding carboxylic acids is 1. The van der Waals surface area contributed by atoms with Crippen LogP contribution in [0.5, 0.6) is 0 Å². The Morgan fingerprint density at radius 3 is 2.30 bits per heavy atom. The maximum atomic E-state index is 12.4. The van der Waals surface area contributed by atoms with Crippen LogP contribution in [-0.2, 0) is 16.4 Å². The van der Waals surface area contributed by atoms with Crippen LogP contribution in [0.25, 0.3) is 0 Å². The van der Waals surface area contributed by atoms with Gasteiger partial charge in [-0.1, -0.05) is 19.1 Å². The number of hydrogen-bond donors (Lipinski definition) is 1. The summed E-state index contributed by atoms with van der Waals surface area (Å²) < 4.78 is 25.1. The number of sulfone groups is 1.